The summed E-state index contributed by atoms with van der Waals surface area (Å²) in [5.74, 6) is 0.891. The molecule has 0 atom stereocenters. The Morgan fingerprint density at radius 2 is 1.85 bits per heavy atom. The molecule has 0 amide bonds. The van der Waals surface area contributed by atoms with Crippen LogP contribution in [0.1, 0.15) is 64.5 Å². The van der Waals surface area contributed by atoms with E-state index in [0.29, 0.717) is 5.41 Å². The molecule has 0 spiro atoms. The summed E-state index contributed by atoms with van der Waals surface area (Å²) in [4.78, 5) is 0. The second kappa shape index (κ2) is 5.89. The van der Waals surface area contributed by atoms with Gasteiger partial charge in [-0.3, -0.25) is 0 Å². The molecule has 0 radical (unpaired) electrons. The highest BCUT2D eigenvalue weighted by atomic mass is 15.0. The summed E-state index contributed by atoms with van der Waals surface area (Å²) in [5.41, 5.74) is 3.46. The van der Waals surface area contributed by atoms with Gasteiger partial charge in [0.05, 0.1) is 0 Å². The average molecular weight is 273 g/mol. The fourth-order valence-corrected chi connectivity index (χ4v) is 3.29. The summed E-state index contributed by atoms with van der Waals surface area (Å²) in [6, 6.07) is 9.18. The van der Waals surface area contributed by atoms with E-state index in [9.17, 15) is 0 Å². The Balaban J connectivity index is 2.24. The Morgan fingerprint density at radius 3 is 2.40 bits per heavy atom. The van der Waals surface area contributed by atoms with Crippen LogP contribution in [-0.2, 0) is 5.41 Å². The van der Waals surface area contributed by atoms with Crippen LogP contribution in [0, 0.1) is 12.8 Å². The Kier molecular flexibility index (Phi) is 4.59. The van der Waals surface area contributed by atoms with E-state index in [2.05, 4.69) is 64.2 Å². The molecule has 0 bridgehead atoms. The minimum atomic E-state index is 0.194. The minimum absolute atomic E-state index is 0.194. The maximum Gasteiger partial charge on any atom is 0.00968 e. The fourth-order valence-electron chi connectivity index (χ4n) is 3.29. The first-order valence-corrected chi connectivity index (χ1v) is 8.13. The van der Waals surface area contributed by atoms with Gasteiger partial charge in [-0.15, -0.1) is 0 Å². The zero-order valence-corrected chi connectivity index (χ0v) is 13.9. The van der Waals surface area contributed by atoms with Crippen molar-refractivity contribution in [3.8, 4) is 0 Å². The number of hydrogen-bond donors (Lipinski definition) is 1. The van der Waals surface area contributed by atoms with Crippen LogP contribution >= 0.6 is 0 Å². The topological polar surface area (TPSA) is 12.0 Å². The molecule has 1 aromatic rings. The highest BCUT2D eigenvalue weighted by Crippen LogP contribution is 2.41. The highest BCUT2D eigenvalue weighted by molar-refractivity contribution is 5.31. The van der Waals surface area contributed by atoms with E-state index >= 15 is 0 Å². The summed E-state index contributed by atoms with van der Waals surface area (Å²) < 4.78 is 0. The smallest absolute Gasteiger partial charge is 0.00968 e. The second-order valence-corrected chi connectivity index (χ2v) is 7.94. The van der Waals surface area contributed by atoms with Crippen molar-refractivity contribution in [3.63, 3.8) is 0 Å². The van der Waals surface area contributed by atoms with Crippen molar-refractivity contribution >= 4 is 0 Å². The van der Waals surface area contributed by atoms with Crippen molar-refractivity contribution < 1.29 is 0 Å². The maximum absolute atomic E-state index is 3.77. The average Bonchev–Trinajstić information content (AvgIpc) is 2.38. The van der Waals surface area contributed by atoms with Crippen molar-refractivity contribution in [2.75, 3.05) is 6.54 Å². The van der Waals surface area contributed by atoms with Crippen LogP contribution in [0.3, 0.4) is 0 Å². The molecule has 1 N–H and O–H groups in total. The van der Waals surface area contributed by atoms with Crippen LogP contribution in [0.5, 0.6) is 0 Å². The summed E-state index contributed by atoms with van der Waals surface area (Å²) >= 11 is 0. The molecule has 1 aliphatic rings. The Morgan fingerprint density at radius 1 is 1.20 bits per heavy atom. The number of benzene rings is 1. The molecule has 0 saturated heterocycles. The van der Waals surface area contributed by atoms with Gasteiger partial charge in [-0.05, 0) is 64.9 Å². The fraction of sp³-hybridized carbons (Fsp3) is 0.684. The highest BCUT2D eigenvalue weighted by Gasteiger charge is 2.36. The lowest BCUT2D eigenvalue weighted by Gasteiger charge is -2.42. The molecule has 1 aromatic carbocycles. The molecule has 20 heavy (non-hydrogen) atoms. The van der Waals surface area contributed by atoms with Gasteiger partial charge in [0.1, 0.15) is 0 Å². The van der Waals surface area contributed by atoms with E-state index < -0.39 is 0 Å². The van der Waals surface area contributed by atoms with Crippen molar-refractivity contribution in [2.24, 2.45) is 5.92 Å². The first-order valence-electron chi connectivity index (χ1n) is 8.13. The zero-order chi connectivity index (χ0) is 14.8. The van der Waals surface area contributed by atoms with Gasteiger partial charge in [-0.2, -0.15) is 0 Å². The second-order valence-electron chi connectivity index (χ2n) is 7.94. The molecule has 2 rings (SSSR count). The molecule has 1 fully saturated rings. The first kappa shape index (κ1) is 15.6. The van der Waals surface area contributed by atoms with E-state index in [4.69, 9.17) is 0 Å². The number of nitrogens with one attached hydrogen (secondary N) is 1. The predicted octanol–water partition coefficient (Wildman–Crippen LogP) is 4.83. The van der Waals surface area contributed by atoms with Gasteiger partial charge < -0.3 is 5.32 Å². The lowest BCUT2D eigenvalue weighted by atomic mass is 9.66. The summed E-state index contributed by atoms with van der Waals surface area (Å²) in [6.07, 6.45) is 5.36. The van der Waals surface area contributed by atoms with Gasteiger partial charge in [0.25, 0.3) is 0 Å². The van der Waals surface area contributed by atoms with Crippen LogP contribution in [0.4, 0.5) is 0 Å². The standard InChI is InChI=1S/C19H31N/c1-15-9-11-19(12-10-15,14-20-18(3,4)5)17-8-6-7-16(2)13-17/h6-8,13,15,20H,9-12,14H2,1-5H3. The molecular weight excluding hydrogens is 242 g/mol. The molecule has 112 valence electrons. The Bertz CT molecular complexity index is 433. The summed E-state index contributed by atoms with van der Waals surface area (Å²) in [7, 11) is 0. The van der Waals surface area contributed by atoms with E-state index in [1.165, 1.54) is 31.2 Å². The lowest BCUT2D eigenvalue weighted by molar-refractivity contribution is 0.217. The molecular formula is C19H31N. The third kappa shape index (κ3) is 3.85. The van der Waals surface area contributed by atoms with E-state index in [0.717, 1.165) is 12.5 Å². The van der Waals surface area contributed by atoms with Gasteiger partial charge in [-0.25, -0.2) is 0 Å². The Labute approximate surface area is 125 Å². The van der Waals surface area contributed by atoms with Crippen LogP contribution in [0.15, 0.2) is 24.3 Å². The normalized spacial score (nSPS) is 27.6. The summed E-state index contributed by atoms with van der Waals surface area (Å²) in [6.45, 7) is 12.5. The van der Waals surface area contributed by atoms with Crippen molar-refractivity contribution in [1.82, 2.24) is 5.32 Å². The quantitative estimate of drug-likeness (QED) is 0.831. The van der Waals surface area contributed by atoms with Crippen molar-refractivity contribution in [3.05, 3.63) is 35.4 Å². The van der Waals surface area contributed by atoms with E-state index in [1.807, 2.05) is 0 Å². The van der Waals surface area contributed by atoms with Crippen LogP contribution in [0.2, 0.25) is 0 Å². The number of hydrogen-bond acceptors (Lipinski definition) is 1. The molecule has 1 heteroatoms. The SMILES string of the molecule is Cc1cccc(C2(CNC(C)(C)C)CCC(C)CC2)c1. The van der Waals surface area contributed by atoms with Gasteiger partial charge in [0, 0.05) is 17.5 Å². The molecule has 1 nitrogen and oxygen atoms in total. The van der Waals surface area contributed by atoms with E-state index in [1.54, 1.807) is 5.56 Å². The van der Waals surface area contributed by atoms with Gasteiger partial charge in [-0.1, -0.05) is 36.8 Å². The summed E-state index contributed by atoms with van der Waals surface area (Å²) in [5, 5.41) is 3.77. The first-order chi connectivity index (χ1) is 9.31. The third-order valence-corrected chi connectivity index (χ3v) is 4.82. The number of rotatable bonds is 3. The minimum Gasteiger partial charge on any atom is -0.311 e. The Hall–Kier alpha value is -0.820. The molecule has 0 unspecified atom stereocenters. The van der Waals surface area contributed by atoms with Gasteiger partial charge in [0.15, 0.2) is 0 Å². The van der Waals surface area contributed by atoms with Crippen molar-refractivity contribution in [1.29, 1.82) is 0 Å². The molecule has 0 heterocycles. The van der Waals surface area contributed by atoms with Gasteiger partial charge >= 0.3 is 0 Å². The molecule has 1 aliphatic carbocycles. The van der Waals surface area contributed by atoms with Crippen LogP contribution in [-0.4, -0.2) is 12.1 Å². The largest absolute Gasteiger partial charge is 0.311 e. The lowest BCUT2D eigenvalue weighted by Crippen LogP contribution is -2.47. The van der Waals surface area contributed by atoms with Crippen molar-refractivity contribution in [2.45, 2.75) is 71.3 Å². The number of aryl methyl sites for hydroxylation is 1. The third-order valence-electron chi connectivity index (χ3n) is 4.82. The zero-order valence-electron chi connectivity index (χ0n) is 13.9. The van der Waals surface area contributed by atoms with Gasteiger partial charge in [0.2, 0.25) is 0 Å². The van der Waals surface area contributed by atoms with E-state index in [-0.39, 0.29) is 5.54 Å². The predicted molar refractivity (Wildman–Crippen MR) is 88.2 cm³/mol. The van der Waals surface area contributed by atoms with Crippen LogP contribution < -0.4 is 5.32 Å². The maximum atomic E-state index is 3.77. The molecule has 1 saturated carbocycles. The molecule has 0 aromatic heterocycles. The molecule has 0 aliphatic heterocycles. The monoisotopic (exact) mass is 273 g/mol. The van der Waals surface area contributed by atoms with Crippen LogP contribution in [0.25, 0.3) is 0 Å².